The van der Waals surface area contributed by atoms with Gasteiger partial charge in [-0.05, 0) is 0 Å². The van der Waals surface area contributed by atoms with E-state index < -0.39 is 0 Å². The second-order valence-electron chi connectivity index (χ2n) is 3.27. The molecule has 2 aromatic rings. The van der Waals surface area contributed by atoms with Gasteiger partial charge >= 0.3 is 0 Å². The lowest BCUT2D eigenvalue weighted by Crippen LogP contribution is -2.33. The normalized spacial score (nSPS) is 12.0. The minimum absolute atomic E-state index is 0.426. The molecule has 2 aromatic heterocycles. The SMILES string of the molecule is [B]c1cc2cnc(Cl)cc2n(C=C)c1=NC. The van der Waals surface area contributed by atoms with Gasteiger partial charge in [-0.15, -0.1) is 0 Å². The summed E-state index contributed by atoms with van der Waals surface area (Å²) in [5.41, 5.74) is 2.12. The molecule has 0 spiro atoms. The topological polar surface area (TPSA) is 30.2 Å². The molecule has 0 amide bonds. The van der Waals surface area contributed by atoms with Crippen LogP contribution in [-0.2, 0) is 0 Å². The smallest absolute Gasteiger partial charge is 0.131 e. The molecule has 2 rings (SSSR count). The first-order chi connectivity index (χ1) is 7.67. The number of rotatable bonds is 1. The van der Waals surface area contributed by atoms with E-state index in [1.165, 1.54) is 0 Å². The Labute approximate surface area is 99.5 Å². The maximum Gasteiger partial charge on any atom is 0.131 e. The molecule has 0 aliphatic rings. The highest BCUT2D eigenvalue weighted by molar-refractivity contribution is 6.33. The van der Waals surface area contributed by atoms with Gasteiger partial charge in [0.25, 0.3) is 0 Å². The first-order valence-corrected chi connectivity index (χ1v) is 5.07. The van der Waals surface area contributed by atoms with Crippen molar-refractivity contribution in [1.82, 2.24) is 9.55 Å². The molecule has 0 bridgehead atoms. The first-order valence-electron chi connectivity index (χ1n) is 4.69. The fraction of sp³-hybridized carbons (Fsp3) is 0.0909. The number of fused-ring (bicyclic) bond motifs is 1. The van der Waals surface area contributed by atoms with Crippen LogP contribution in [0.4, 0.5) is 0 Å². The third-order valence-corrected chi connectivity index (χ3v) is 2.54. The van der Waals surface area contributed by atoms with Crippen LogP contribution >= 0.6 is 11.6 Å². The van der Waals surface area contributed by atoms with Crippen LogP contribution in [0, 0.1) is 0 Å². The molecular weight excluding hydrogens is 220 g/mol. The summed E-state index contributed by atoms with van der Waals surface area (Å²) >= 11 is 5.86. The minimum Gasteiger partial charge on any atom is -0.302 e. The second-order valence-corrected chi connectivity index (χ2v) is 3.65. The van der Waals surface area contributed by atoms with E-state index >= 15 is 0 Å². The summed E-state index contributed by atoms with van der Waals surface area (Å²) in [7, 11) is 7.57. The van der Waals surface area contributed by atoms with Crippen LogP contribution < -0.4 is 11.0 Å². The van der Waals surface area contributed by atoms with E-state index in [1.807, 2.05) is 6.07 Å². The largest absolute Gasteiger partial charge is 0.302 e. The lowest BCUT2D eigenvalue weighted by atomic mass is 9.96. The van der Waals surface area contributed by atoms with Gasteiger partial charge in [0.1, 0.15) is 18.5 Å². The molecule has 78 valence electrons. The van der Waals surface area contributed by atoms with Crippen molar-refractivity contribution in [3.8, 4) is 0 Å². The number of nitrogens with zero attached hydrogens (tertiary/aromatic N) is 3. The number of halogens is 1. The van der Waals surface area contributed by atoms with Crippen molar-refractivity contribution in [1.29, 1.82) is 0 Å². The zero-order valence-electron chi connectivity index (χ0n) is 8.81. The zero-order valence-corrected chi connectivity index (χ0v) is 9.57. The monoisotopic (exact) mass is 229 g/mol. The summed E-state index contributed by atoms with van der Waals surface area (Å²) < 4.78 is 1.79. The van der Waals surface area contributed by atoms with E-state index in [1.54, 1.807) is 30.1 Å². The van der Waals surface area contributed by atoms with Crippen LogP contribution in [-0.4, -0.2) is 24.4 Å². The Bertz CT molecular complexity index is 631. The third kappa shape index (κ3) is 1.65. The Hall–Kier alpha value is -1.55. The fourth-order valence-electron chi connectivity index (χ4n) is 1.66. The summed E-state index contributed by atoms with van der Waals surface area (Å²) in [6.07, 6.45) is 3.32. The van der Waals surface area contributed by atoms with E-state index in [2.05, 4.69) is 16.6 Å². The molecule has 0 saturated carbocycles. The lowest BCUT2D eigenvalue weighted by molar-refractivity contribution is 1.05. The molecule has 0 atom stereocenters. The van der Waals surface area contributed by atoms with Crippen molar-refractivity contribution in [2.24, 2.45) is 4.99 Å². The van der Waals surface area contributed by atoms with Crippen LogP contribution in [0.25, 0.3) is 17.1 Å². The van der Waals surface area contributed by atoms with Crippen LogP contribution in [0.15, 0.2) is 29.9 Å². The van der Waals surface area contributed by atoms with E-state index in [9.17, 15) is 0 Å². The predicted molar refractivity (Wildman–Crippen MR) is 68.0 cm³/mol. The predicted octanol–water partition coefficient (Wildman–Crippen LogP) is 1.11. The number of aromatic nitrogens is 2. The van der Waals surface area contributed by atoms with Crippen molar-refractivity contribution in [3.05, 3.63) is 35.5 Å². The Balaban J connectivity index is 3.04. The number of hydrogen-bond donors (Lipinski definition) is 0. The Morgan fingerprint density at radius 2 is 2.31 bits per heavy atom. The van der Waals surface area contributed by atoms with E-state index in [0.717, 1.165) is 10.9 Å². The van der Waals surface area contributed by atoms with E-state index in [0.29, 0.717) is 16.1 Å². The summed E-state index contributed by atoms with van der Waals surface area (Å²) in [4.78, 5) is 8.13. The highest BCUT2D eigenvalue weighted by Crippen LogP contribution is 2.14. The summed E-state index contributed by atoms with van der Waals surface area (Å²) in [6, 6.07) is 3.58. The van der Waals surface area contributed by atoms with Gasteiger partial charge in [0, 0.05) is 30.9 Å². The fourth-order valence-corrected chi connectivity index (χ4v) is 1.81. The van der Waals surface area contributed by atoms with Crippen LogP contribution in [0.3, 0.4) is 0 Å². The van der Waals surface area contributed by atoms with Crippen LogP contribution in [0.2, 0.25) is 5.15 Å². The summed E-state index contributed by atoms with van der Waals surface area (Å²) in [5, 5.41) is 1.32. The molecule has 0 fully saturated rings. The molecule has 0 aliphatic heterocycles. The molecule has 2 heterocycles. The van der Waals surface area contributed by atoms with Gasteiger partial charge in [-0.2, -0.15) is 0 Å². The Morgan fingerprint density at radius 1 is 1.56 bits per heavy atom. The molecule has 0 N–H and O–H groups in total. The Morgan fingerprint density at radius 3 is 2.94 bits per heavy atom. The van der Waals surface area contributed by atoms with Gasteiger partial charge in [0.05, 0.1) is 5.52 Å². The van der Waals surface area contributed by atoms with Gasteiger partial charge in [0.15, 0.2) is 0 Å². The standard InChI is InChI=1S/C11H9BClN3/c1-3-16-9-5-10(13)15-6-7(9)4-8(12)11(16)14-2/h3-6H,1H2,2H3. The maximum atomic E-state index is 5.89. The molecule has 0 aliphatic carbocycles. The average Bonchev–Trinajstić information content (AvgIpc) is 2.28. The van der Waals surface area contributed by atoms with Crippen molar-refractivity contribution >= 4 is 42.0 Å². The van der Waals surface area contributed by atoms with Crippen LogP contribution in [0.1, 0.15) is 0 Å². The summed E-state index contributed by atoms with van der Waals surface area (Å²) in [6.45, 7) is 3.74. The van der Waals surface area contributed by atoms with Gasteiger partial charge in [-0.1, -0.05) is 29.7 Å². The highest BCUT2D eigenvalue weighted by Gasteiger charge is 2.03. The van der Waals surface area contributed by atoms with Crippen molar-refractivity contribution < 1.29 is 0 Å². The Kier molecular flexibility index (Phi) is 2.83. The lowest BCUT2D eigenvalue weighted by Gasteiger charge is -2.09. The quantitative estimate of drug-likeness (QED) is 0.532. The van der Waals surface area contributed by atoms with E-state index in [-0.39, 0.29) is 0 Å². The van der Waals surface area contributed by atoms with Crippen molar-refractivity contribution in [2.45, 2.75) is 0 Å². The van der Waals surface area contributed by atoms with Crippen LogP contribution in [0.5, 0.6) is 0 Å². The van der Waals surface area contributed by atoms with Gasteiger partial charge in [-0.3, -0.25) is 4.99 Å². The van der Waals surface area contributed by atoms with E-state index in [4.69, 9.17) is 19.4 Å². The maximum absolute atomic E-state index is 5.89. The number of pyridine rings is 2. The first kappa shape index (κ1) is 11.0. The number of hydrogen-bond acceptors (Lipinski definition) is 2. The molecule has 0 aromatic carbocycles. The molecule has 2 radical (unpaired) electrons. The summed E-state index contributed by atoms with van der Waals surface area (Å²) in [5.74, 6) is 0. The molecule has 16 heavy (non-hydrogen) atoms. The molecule has 0 saturated heterocycles. The molecule has 3 nitrogen and oxygen atoms in total. The van der Waals surface area contributed by atoms with Gasteiger partial charge in [-0.25, -0.2) is 4.98 Å². The van der Waals surface area contributed by atoms with Gasteiger partial charge in [0.2, 0.25) is 0 Å². The molecule has 5 heteroatoms. The highest BCUT2D eigenvalue weighted by atomic mass is 35.5. The average molecular weight is 229 g/mol. The van der Waals surface area contributed by atoms with Crippen molar-refractivity contribution in [3.63, 3.8) is 0 Å². The third-order valence-electron chi connectivity index (χ3n) is 2.33. The zero-order chi connectivity index (χ0) is 11.7. The molecule has 0 unspecified atom stereocenters. The molecular formula is C11H9BClN3. The second kappa shape index (κ2) is 4.14. The van der Waals surface area contributed by atoms with Crippen molar-refractivity contribution in [2.75, 3.05) is 7.05 Å². The van der Waals surface area contributed by atoms with Gasteiger partial charge < -0.3 is 4.57 Å². The minimum atomic E-state index is 0.426.